The van der Waals surface area contributed by atoms with Gasteiger partial charge in [-0.2, -0.15) is 0 Å². The molecule has 2 fully saturated rings. The van der Waals surface area contributed by atoms with E-state index < -0.39 is 11.9 Å². The van der Waals surface area contributed by atoms with E-state index in [4.69, 9.17) is 5.11 Å². The number of hydrogen-bond donors (Lipinski definition) is 2. The summed E-state index contributed by atoms with van der Waals surface area (Å²) in [4.78, 5) is 24.7. The van der Waals surface area contributed by atoms with E-state index in [0.29, 0.717) is 5.92 Å². The third-order valence-electron chi connectivity index (χ3n) is 6.41. The summed E-state index contributed by atoms with van der Waals surface area (Å²) in [7, 11) is 1.66. The van der Waals surface area contributed by atoms with E-state index in [1.54, 1.807) is 14.0 Å². The zero-order chi connectivity index (χ0) is 16.0. The number of fused-ring (bicyclic) bond motifs is 2. The van der Waals surface area contributed by atoms with Crippen LogP contribution in [0.3, 0.4) is 0 Å². The van der Waals surface area contributed by atoms with Gasteiger partial charge in [-0.05, 0) is 36.0 Å². The van der Waals surface area contributed by atoms with Gasteiger partial charge < -0.3 is 15.3 Å². The van der Waals surface area contributed by atoms with Gasteiger partial charge in [0, 0.05) is 19.6 Å². The van der Waals surface area contributed by atoms with Crippen molar-refractivity contribution in [3.63, 3.8) is 0 Å². The molecule has 2 N–H and O–H groups in total. The van der Waals surface area contributed by atoms with Crippen LogP contribution in [0, 0.1) is 22.7 Å². The van der Waals surface area contributed by atoms with E-state index >= 15 is 0 Å². The van der Waals surface area contributed by atoms with E-state index in [1.807, 2.05) is 0 Å². The van der Waals surface area contributed by atoms with Crippen LogP contribution in [-0.2, 0) is 4.79 Å². The van der Waals surface area contributed by atoms with Gasteiger partial charge in [-0.25, -0.2) is 4.79 Å². The van der Waals surface area contributed by atoms with Gasteiger partial charge in [-0.15, -0.1) is 0 Å². The SMILES string of the molecule is CC(CN(C)C(=O)NC1CC2CCC1(C)C2(C)C)C(=O)O. The number of carbonyl (C=O) groups is 2. The molecule has 0 spiro atoms. The Kier molecular flexibility index (Phi) is 3.98. The Balaban J connectivity index is 1.97. The van der Waals surface area contributed by atoms with Gasteiger partial charge in [-0.1, -0.05) is 27.7 Å². The van der Waals surface area contributed by atoms with Gasteiger partial charge in [0.05, 0.1) is 5.92 Å². The minimum Gasteiger partial charge on any atom is -0.481 e. The molecule has 5 nitrogen and oxygen atoms in total. The first-order valence-corrected chi connectivity index (χ1v) is 7.84. The maximum Gasteiger partial charge on any atom is 0.317 e. The number of nitrogens with one attached hydrogen (secondary N) is 1. The van der Waals surface area contributed by atoms with Gasteiger partial charge >= 0.3 is 12.0 Å². The molecule has 2 rings (SSSR count). The number of carboxylic acids is 1. The Bertz CT molecular complexity index is 449. The van der Waals surface area contributed by atoms with E-state index in [-0.39, 0.29) is 29.4 Å². The summed E-state index contributed by atoms with van der Waals surface area (Å²) in [5.41, 5.74) is 0.407. The van der Waals surface area contributed by atoms with Gasteiger partial charge in [-0.3, -0.25) is 4.79 Å². The topological polar surface area (TPSA) is 69.6 Å². The van der Waals surface area contributed by atoms with Crippen LogP contribution in [0.5, 0.6) is 0 Å². The molecule has 0 heterocycles. The molecule has 0 radical (unpaired) electrons. The molecule has 0 aromatic carbocycles. The van der Waals surface area contributed by atoms with Crippen molar-refractivity contribution in [2.75, 3.05) is 13.6 Å². The average Bonchev–Trinajstić information content (AvgIpc) is 2.71. The fourth-order valence-electron chi connectivity index (χ4n) is 4.25. The third-order valence-corrected chi connectivity index (χ3v) is 6.41. The first-order chi connectivity index (χ1) is 9.59. The molecule has 4 unspecified atom stereocenters. The molecule has 120 valence electrons. The van der Waals surface area contributed by atoms with Crippen LogP contribution < -0.4 is 5.32 Å². The number of urea groups is 1. The highest BCUT2D eigenvalue weighted by atomic mass is 16.4. The fraction of sp³-hybridized carbons (Fsp3) is 0.875. The number of rotatable bonds is 4. The molecule has 2 amide bonds. The van der Waals surface area contributed by atoms with Gasteiger partial charge in [0.1, 0.15) is 0 Å². The maximum absolute atomic E-state index is 12.3. The zero-order valence-corrected chi connectivity index (χ0v) is 13.8. The molecule has 0 aliphatic heterocycles. The summed E-state index contributed by atoms with van der Waals surface area (Å²) in [6, 6.07) is 0.0407. The second kappa shape index (κ2) is 5.18. The lowest BCUT2D eigenvalue weighted by Gasteiger charge is -2.40. The van der Waals surface area contributed by atoms with E-state index in [9.17, 15) is 9.59 Å². The summed E-state index contributed by atoms with van der Waals surface area (Å²) in [6.45, 7) is 8.76. The summed E-state index contributed by atoms with van der Waals surface area (Å²) < 4.78 is 0. The highest BCUT2D eigenvalue weighted by molar-refractivity contribution is 5.76. The minimum absolute atomic E-state index is 0.145. The smallest absolute Gasteiger partial charge is 0.317 e. The minimum atomic E-state index is -0.873. The summed E-state index contributed by atoms with van der Waals surface area (Å²) in [6.07, 6.45) is 3.45. The molecule has 2 saturated carbocycles. The predicted octanol–water partition coefficient (Wildman–Crippen LogP) is 2.56. The Labute approximate surface area is 127 Å². The molecule has 0 aromatic heterocycles. The number of amides is 2. The molecule has 21 heavy (non-hydrogen) atoms. The van der Waals surface area contributed by atoms with Crippen LogP contribution in [0.15, 0.2) is 0 Å². The van der Waals surface area contributed by atoms with Crippen LogP contribution in [0.25, 0.3) is 0 Å². The zero-order valence-electron chi connectivity index (χ0n) is 13.8. The largest absolute Gasteiger partial charge is 0.481 e. The highest BCUT2D eigenvalue weighted by Crippen LogP contribution is 2.65. The molecule has 2 aliphatic carbocycles. The van der Waals surface area contributed by atoms with E-state index in [1.165, 1.54) is 11.3 Å². The van der Waals surface area contributed by atoms with E-state index in [0.717, 1.165) is 12.8 Å². The summed E-state index contributed by atoms with van der Waals surface area (Å²) >= 11 is 0. The number of carbonyl (C=O) groups excluding carboxylic acids is 1. The molecule has 0 saturated heterocycles. The molecule has 4 atom stereocenters. The van der Waals surface area contributed by atoms with Crippen LogP contribution in [0.1, 0.15) is 47.0 Å². The predicted molar refractivity (Wildman–Crippen MR) is 81.0 cm³/mol. The van der Waals surface area contributed by atoms with Crippen molar-refractivity contribution in [3.05, 3.63) is 0 Å². The lowest BCUT2D eigenvalue weighted by atomic mass is 9.69. The molecule has 2 aliphatic rings. The standard InChI is InChI=1S/C16H28N2O3/c1-10(13(19)20)9-18(5)14(21)17-12-8-11-6-7-16(12,4)15(11,2)3/h10-12H,6-9H2,1-5H3,(H,17,21)(H,19,20). The van der Waals surface area contributed by atoms with Crippen molar-refractivity contribution in [1.82, 2.24) is 10.2 Å². The molecule has 0 aromatic rings. The monoisotopic (exact) mass is 296 g/mol. The van der Waals surface area contributed by atoms with Crippen molar-refractivity contribution in [3.8, 4) is 0 Å². The first kappa shape index (κ1) is 16.1. The van der Waals surface area contributed by atoms with Crippen LogP contribution in [0.4, 0.5) is 4.79 Å². The Hall–Kier alpha value is -1.26. The summed E-state index contributed by atoms with van der Waals surface area (Å²) in [5, 5.41) is 12.1. The van der Waals surface area contributed by atoms with Gasteiger partial charge in [0.25, 0.3) is 0 Å². The Morgan fingerprint density at radius 2 is 2.00 bits per heavy atom. The van der Waals surface area contributed by atoms with Crippen LogP contribution >= 0.6 is 0 Å². The molecular formula is C16H28N2O3. The molecule has 5 heteroatoms. The Morgan fingerprint density at radius 3 is 2.43 bits per heavy atom. The average molecular weight is 296 g/mol. The fourth-order valence-corrected chi connectivity index (χ4v) is 4.25. The Morgan fingerprint density at radius 1 is 1.38 bits per heavy atom. The molecule has 2 bridgehead atoms. The molecular weight excluding hydrogens is 268 g/mol. The van der Waals surface area contributed by atoms with Gasteiger partial charge in [0.15, 0.2) is 0 Å². The maximum atomic E-state index is 12.3. The van der Waals surface area contributed by atoms with Crippen molar-refractivity contribution in [2.24, 2.45) is 22.7 Å². The second-order valence-electron chi connectivity index (χ2n) is 7.73. The third kappa shape index (κ3) is 2.51. The van der Waals surface area contributed by atoms with Crippen LogP contribution in [0.2, 0.25) is 0 Å². The second-order valence-corrected chi connectivity index (χ2v) is 7.73. The van der Waals surface area contributed by atoms with Gasteiger partial charge in [0.2, 0.25) is 0 Å². The highest BCUT2D eigenvalue weighted by Gasteiger charge is 2.61. The van der Waals surface area contributed by atoms with E-state index in [2.05, 4.69) is 26.1 Å². The number of carboxylic acid groups (broad SMARTS) is 1. The van der Waals surface area contributed by atoms with Crippen molar-refractivity contribution < 1.29 is 14.7 Å². The quantitative estimate of drug-likeness (QED) is 0.837. The number of hydrogen-bond acceptors (Lipinski definition) is 2. The van der Waals surface area contributed by atoms with Crippen molar-refractivity contribution in [2.45, 2.75) is 53.0 Å². The normalized spacial score (nSPS) is 34.5. The number of nitrogens with zero attached hydrogens (tertiary/aromatic N) is 1. The lowest BCUT2D eigenvalue weighted by Crippen LogP contribution is -2.51. The summed E-state index contributed by atoms with van der Waals surface area (Å²) in [5.74, 6) is -0.744. The lowest BCUT2D eigenvalue weighted by molar-refractivity contribution is -0.141. The van der Waals surface area contributed by atoms with Crippen molar-refractivity contribution >= 4 is 12.0 Å². The first-order valence-electron chi connectivity index (χ1n) is 7.84. The van der Waals surface area contributed by atoms with Crippen LogP contribution in [-0.4, -0.2) is 41.6 Å². The number of aliphatic carboxylic acids is 1. The van der Waals surface area contributed by atoms with Crippen molar-refractivity contribution in [1.29, 1.82) is 0 Å².